The van der Waals surface area contributed by atoms with Crippen molar-refractivity contribution in [3.63, 3.8) is 0 Å². The molecule has 256 valence electrons. The highest BCUT2D eigenvalue weighted by atomic mass is 32.1. The van der Waals surface area contributed by atoms with Crippen molar-refractivity contribution in [2.45, 2.75) is 0 Å². The molecule has 4 aromatic heterocycles. The van der Waals surface area contributed by atoms with E-state index in [1.807, 2.05) is 30.3 Å². The van der Waals surface area contributed by atoms with E-state index in [0.29, 0.717) is 17.5 Å². The molecule has 8 aromatic carbocycles. The van der Waals surface area contributed by atoms with E-state index in [2.05, 4.69) is 144 Å². The lowest BCUT2D eigenvalue weighted by atomic mass is 10.0. The van der Waals surface area contributed by atoms with Crippen LogP contribution < -0.4 is 0 Å². The summed E-state index contributed by atoms with van der Waals surface area (Å²) in [7, 11) is 0. The minimum Gasteiger partial charge on any atom is -0.455 e. The van der Waals surface area contributed by atoms with Crippen molar-refractivity contribution in [2.75, 3.05) is 0 Å². The molecule has 12 rings (SSSR count). The number of nitrogens with zero attached hydrogens (tertiary/aromatic N) is 4. The summed E-state index contributed by atoms with van der Waals surface area (Å²) in [6.07, 6.45) is 0. The number of hydrogen-bond acceptors (Lipinski definition) is 5. The Morgan fingerprint density at radius 2 is 1.09 bits per heavy atom. The molecule has 0 aliphatic carbocycles. The third-order valence-corrected chi connectivity index (χ3v) is 12.0. The number of rotatable bonds is 4. The topological polar surface area (TPSA) is 56.7 Å². The van der Waals surface area contributed by atoms with E-state index >= 15 is 0 Å². The van der Waals surface area contributed by atoms with E-state index < -0.39 is 0 Å². The van der Waals surface area contributed by atoms with Crippen LogP contribution in [0, 0.1) is 0 Å². The van der Waals surface area contributed by atoms with Gasteiger partial charge >= 0.3 is 0 Å². The maximum atomic E-state index is 6.85. The Balaban J connectivity index is 1.21. The molecule has 6 heteroatoms. The Labute approximate surface area is 318 Å². The Morgan fingerprint density at radius 1 is 0.418 bits per heavy atom. The molecule has 0 N–H and O–H groups in total. The fourth-order valence-electron chi connectivity index (χ4n) is 8.29. The van der Waals surface area contributed by atoms with E-state index in [1.54, 1.807) is 11.3 Å². The molecule has 4 heterocycles. The smallest absolute Gasteiger partial charge is 0.170 e. The number of fused-ring (bicyclic) bond motifs is 10. The zero-order valence-corrected chi connectivity index (χ0v) is 30.1. The van der Waals surface area contributed by atoms with E-state index in [-0.39, 0.29) is 0 Å². The van der Waals surface area contributed by atoms with Crippen molar-refractivity contribution in [1.82, 2.24) is 19.5 Å². The van der Waals surface area contributed by atoms with Crippen molar-refractivity contribution in [1.29, 1.82) is 0 Å². The van der Waals surface area contributed by atoms with Gasteiger partial charge in [-0.25, -0.2) is 15.0 Å². The summed E-state index contributed by atoms with van der Waals surface area (Å²) < 4.78 is 11.7. The lowest BCUT2D eigenvalue weighted by Crippen LogP contribution is -2.04. The molecular formula is C49H28N4OS. The highest BCUT2D eigenvalue weighted by molar-refractivity contribution is 7.25. The van der Waals surface area contributed by atoms with Crippen LogP contribution in [-0.2, 0) is 0 Å². The highest BCUT2D eigenvalue weighted by Crippen LogP contribution is 2.43. The van der Waals surface area contributed by atoms with Crippen LogP contribution in [0.1, 0.15) is 0 Å². The standard InChI is InChI=1S/C49H28N4OS/c1-2-12-29(13-3-1)47-50-48(32-22-25-44-38(27-32)35-18-8-11-21-43(35)55-44)52-49(51-47)45-40(24-23-36-34-17-7-10-20-42(34)54-46(36)45)53-39-19-9-6-16-33(39)37-26-30-14-4-5-15-31(30)28-41(37)53/h1-28H. The largest absolute Gasteiger partial charge is 0.455 e. The molecule has 0 spiro atoms. The first-order chi connectivity index (χ1) is 27.2. The number of furan rings is 1. The molecular weight excluding hydrogens is 693 g/mol. The molecule has 12 aromatic rings. The Morgan fingerprint density at radius 3 is 1.96 bits per heavy atom. The van der Waals surface area contributed by atoms with Gasteiger partial charge in [-0.15, -0.1) is 11.3 Å². The molecule has 0 aliphatic rings. The first-order valence-corrected chi connectivity index (χ1v) is 19.2. The zero-order valence-electron chi connectivity index (χ0n) is 29.3. The summed E-state index contributed by atoms with van der Waals surface area (Å²) in [5.74, 6) is 1.75. The summed E-state index contributed by atoms with van der Waals surface area (Å²) in [5.41, 5.74) is 7.34. The highest BCUT2D eigenvalue weighted by Gasteiger charge is 2.25. The van der Waals surface area contributed by atoms with Crippen molar-refractivity contribution in [3.05, 3.63) is 170 Å². The van der Waals surface area contributed by atoms with E-state index in [0.717, 1.165) is 55.3 Å². The fourth-order valence-corrected chi connectivity index (χ4v) is 9.38. The molecule has 0 saturated heterocycles. The Hall–Kier alpha value is -7.15. The zero-order chi connectivity index (χ0) is 36.0. The molecule has 0 atom stereocenters. The molecule has 5 nitrogen and oxygen atoms in total. The predicted octanol–water partition coefficient (Wildman–Crippen LogP) is 13.4. The van der Waals surface area contributed by atoms with Gasteiger partial charge in [-0.2, -0.15) is 0 Å². The van der Waals surface area contributed by atoms with Gasteiger partial charge in [0, 0.05) is 52.8 Å². The van der Waals surface area contributed by atoms with Crippen molar-refractivity contribution in [3.8, 4) is 39.9 Å². The minimum atomic E-state index is 0.547. The molecule has 0 amide bonds. The average molecular weight is 721 g/mol. The maximum Gasteiger partial charge on any atom is 0.170 e. The minimum absolute atomic E-state index is 0.547. The quantitative estimate of drug-likeness (QED) is 0.182. The predicted molar refractivity (Wildman–Crippen MR) is 228 cm³/mol. The van der Waals surface area contributed by atoms with Crippen molar-refractivity contribution in [2.24, 2.45) is 0 Å². The van der Waals surface area contributed by atoms with Gasteiger partial charge in [-0.1, -0.05) is 109 Å². The van der Waals surface area contributed by atoms with Gasteiger partial charge in [0.05, 0.1) is 22.3 Å². The van der Waals surface area contributed by atoms with Gasteiger partial charge in [0.1, 0.15) is 11.2 Å². The molecule has 0 unspecified atom stereocenters. The molecule has 0 bridgehead atoms. The van der Waals surface area contributed by atoms with Crippen molar-refractivity contribution < 1.29 is 4.42 Å². The fraction of sp³-hybridized carbons (Fsp3) is 0. The molecule has 55 heavy (non-hydrogen) atoms. The van der Waals surface area contributed by atoms with Gasteiger partial charge in [-0.3, -0.25) is 0 Å². The van der Waals surface area contributed by atoms with Gasteiger partial charge < -0.3 is 8.98 Å². The van der Waals surface area contributed by atoms with Crippen LogP contribution in [0.3, 0.4) is 0 Å². The molecule has 0 saturated carbocycles. The second-order valence-electron chi connectivity index (χ2n) is 14.0. The number of benzene rings is 8. The average Bonchev–Trinajstić information content (AvgIpc) is 3.91. The van der Waals surface area contributed by atoms with Crippen LogP contribution >= 0.6 is 11.3 Å². The Bertz CT molecular complexity index is 3500. The number of aromatic nitrogens is 4. The third kappa shape index (κ3) is 4.62. The van der Waals surface area contributed by atoms with Gasteiger partial charge in [0.25, 0.3) is 0 Å². The van der Waals surface area contributed by atoms with Gasteiger partial charge in [0.15, 0.2) is 17.5 Å². The number of hydrogen-bond donors (Lipinski definition) is 0. The van der Waals surface area contributed by atoms with Crippen LogP contribution in [0.2, 0.25) is 0 Å². The lowest BCUT2D eigenvalue weighted by molar-refractivity contribution is 0.669. The van der Waals surface area contributed by atoms with Gasteiger partial charge in [0.2, 0.25) is 0 Å². The van der Waals surface area contributed by atoms with E-state index in [9.17, 15) is 0 Å². The van der Waals surface area contributed by atoms with Crippen LogP contribution in [0.25, 0.3) is 115 Å². The Kier molecular flexibility index (Phi) is 6.44. The first-order valence-electron chi connectivity index (χ1n) is 18.4. The number of para-hydroxylation sites is 2. The van der Waals surface area contributed by atoms with E-state index in [4.69, 9.17) is 19.4 Å². The third-order valence-electron chi connectivity index (χ3n) is 10.8. The lowest BCUT2D eigenvalue weighted by Gasteiger charge is -2.15. The summed E-state index contributed by atoms with van der Waals surface area (Å²) in [6.45, 7) is 0. The van der Waals surface area contributed by atoms with Crippen molar-refractivity contribution >= 4 is 86.0 Å². The monoisotopic (exact) mass is 720 g/mol. The van der Waals surface area contributed by atoms with E-state index in [1.165, 1.54) is 41.7 Å². The van der Waals surface area contributed by atoms with Crippen LogP contribution in [-0.4, -0.2) is 19.5 Å². The first kappa shape index (κ1) is 30.3. The SMILES string of the molecule is c1ccc(-c2nc(-c3ccc4sc5ccccc5c4c3)nc(-c3c(-n4c5ccccc5c5cc6ccccc6cc54)ccc4c3oc3ccccc34)n2)cc1. The van der Waals surface area contributed by atoms with Crippen LogP contribution in [0.4, 0.5) is 0 Å². The van der Waals surface area contributed by atoms with Crippen LogP contribution in [0.5, 0.6) is 0 Å². The molecule has 0 fully saturated rings. The molecule has 0 radical (unpaired) electrons. The maximum absolute atomic E-state index is 6.85. The summed E-state index contributed by atoms with van der Waals surface area (Å²) >= 11 is 1.80. The second kappa shape index (κ2) is 11.7. The summed E-state index contributed by atoms with van der Waals surface area (Å²) in [6, 6.07) is 59.7. The van der Waals surface area contributed by atoms with Crippen LogP contribution in [0.15, 0.2) is 174 Å². The van der Waals surface area contributed by atoms with Gasteiger partial charge in [-0.05, 0) is 71.4 Å². The normalized spacial score (nSPS) is 12.0. The second-order valence-corrected chi connectivity index (χ2v) is 15.1. The molecule has 0 aliphatic heterocycles. The number of thiophene rings is 1. The summed E-state index contributed by atoms with van der Waals surface area (Å²) in [5, 5.41) is 9.22. The summed E-state index contributed by atoms with van der Waals surface area (Å²) in [4.78, 5) is 15.9.